The highest BCUT2D eigenvalue weighted by molar-refractivity contribution is 5.55. The highest BCUT2D eigenvalue weighted by Gasteiger charge is 2.27. The van der Waals surface area contributed by atoms with Gasteiger partial charge in [0.2, 0.25) is 5.75 Å². The van der Waals surface area contributed by atoms with E-state index in [2.05, 4.69) is 16.1 Å². The van der Waals surface area contributed by atoms with Gasteiger partial charge in [0.25, 0.3) is 0 Å². The molecular weight excluding hydrogens is 332 g/mol. The summed E-state index contributed by atoms with van der Waals surface area (Å²) in [6, 6.07) is 6.27. The number of rotatable bonds is 6. The van der Waals surface area contributed by atoms with E-state index in [0.29, 0.717) is 11.5 Å². The van der Waals surface area contributed by atoms with Crippen LogP contribution < -0.4 is 14.2 Å². The molecule has 0 radical (unpaired) electrons. The van der Waals surface area contributed by atoms with Gasteiger partial charge in [-0.3, -0.25) is 4.90 Å². The third-order valence-corrected chi connectivity index (χ3v) is 5.00. The third kappa shape index (κ3) is 3.80. The van der Waals surface area contributed by atoms with Gasteiger partial charge in [0.1, 0.15) is 0 Å². The minimum Gasteiger partial charge on any atom is -0.493 e. The van der Waals surface area contributed by atoms with Crippen molar-refractivity contribution in [1.82, 2.24) is 10.1 Å². The van der Waals surface area contributed by atoms with Crippen LogP contribution in [-0.4, -0.2) is 37.9 Å². The maximum absolute atomic E-state index is 5.66. The number of benzene rings is 1. The SMILES string of the molecule is COc1ccc(CN2CCCCC[C@@H]2c2cc(C)no2)c(OC)c1OC. The van der Waals surface area contributed by atoms with Gasteiger partial charge in [0.15, 0.2) is 17.3 Å². The quantitative estimate of drug-likeness (QED) is 0.772. The lowest BCUT2D eigenvalue weighted by Crippen LogP contribution is -2.28. The van der Waals surface area contributed by atoms with Crippen LogP contribution >= 0.6 is 0 Å². The number of nitrogens with zero attached hydrogens (tertiary/aromatic N) is 2. The summed E-state index contributed by atoms with van der Waals surface area (Å²) in [5, 5.41) is 4.08. The molecule has 0 bridgehead atoms. The Kier molecular flexibility index (Phi) is 6.04. The summed E-state index contributed by atoms with van der Waals surface area (Å²) in [4.78, 5) is 2.46. The van der Waals surface area contributed by atoms with Gasteiger partial charge in [-0.15, -0.1) is 0 Å². The van der Waals surface area contributed by atoms with Crippen molar-refractivity contribution in [1.29, 1.82) is 0 Å². The number of hydrogen-bond donors (Lipinski definition) is 0. The summed E-state index contributed by atoms with van der Waals surface area (Å²) in [7, 11) is 4.94. The van der Waals surface area contributed by atoms with E-state index in [0.717, 1.165) is 42.3 Å². The molecule has 1 aromatic carbocycles. The van der Waals surface area contributed by atoms with E-state index in [1.54, 1.807) is 21.3 Å². The van der Waals surface area contributed by atoms with Gasteiger partial charge in [-0.25, -0.2) is 0 Å². The zero-order chi connectivity index (χ0) is 18.5. The smallest absolute Gasteiger partial charge is 0.203 e. The van der Waals surface area contributed by atoms with Gasteiger partial charge in [-0.05, 0) is 32.4 Å². The predicted octanol–water partition coefficient (Wildman–Crippen LogP) is 4.13. The normalized spacial score (nSPS) is 18.4. The highest BCUT2D eigenvalue weighted by Crippen LogP contribution is 2.41. The van der Waals surface area contributed by atoms with Gasteiger partial charge in [0.05, 0.1) is 33.1 Å². The van der Waals surface area contributed by atoms with Crippen LogP contribution in [0.2, 0.25) is 0 Å². The molecule has 6 nitrogen and oxygen atoms in total. The van der Waals surface area contributed by atoms with Crippen molar-refractivity contribution in [2.75, 3.05) is 27.9 Å². The van der Waals surface area contributed by atoms with Gasteiger partial charge >= 0.3 is 0 Å². The average Bonchev–Trinajstić information content (AvgIpc) is 2.95. The predicted molar refractivity (Wildman–Crippen MR) is 99.0 cm³/mol. The zero-order valence-electron chi connectivity index (χ0n) is 16.1. The maximum Gasteiger partial charge on any atom is 0.203 e. The molecule has 3 rings (SSSR count). The van der Waals surface area contributed by atoms with E-state index in [-0.39, 0.29) is 6.04 Å². The van der Waals surface area contributed by atoms with Gasteiger partial charge < -0.3 is 18.7 Å². The topological polar surface area (TPSA) is 57.0 Å². The molecule has 1 atom stereocenters. The molecule has 1 aliphatic heterocycles. The largest absolute Gasteiger partial charge is 0.493 e. The lowest BCUT2D eigenvalue weighted by Gasteiger charge is -2.29. The average molecular weight is 360 g/mol. The van der Waals surface area contributed by atoms with Crippen LogP contribution in [0.5, 0.6) is 17.2 Å². The Bertz CT molecular complexity index is 729. The molecule has 26 heavy (non-hydrogen) atoms. The first-order valence-electron chi connectivity index (χ1n) is 9.13. The second-order valence-corrected chi connectivity index (χ2v) is 6.70. The van der Waals surface area contributed by atoms with Crippen molar-refractivity contribution in [3.8, 4) is 17.2 Å². The van der Waals surface area contributed by atoms with Gasteiger partial charge in [-0.2, -0.15) is 0 Å². The summed E-state index contributed by atoms with van der Waals surface area (Å²) in [6.07, 6.45) is 4.69. The van der Waals surface area contributed by atoms with Crippen molar-refractivity contribution in [3.63, 3.8) is 0 Å². The molecule has 0 amide bonds. The first-order chi connectivity index (χ1) is 12.7. The molecule has 1 aromatic heterocycles. The molecule has 1 aliphatic rings. The Morgan fingerprint density at radius 3 is 2.54 bits per heavy atom. The van der Waals surface area contributed by atoms with E-state index in [4.69, 9.17) is 18.7 Å². The first-order valence-corrected chi connectivity index (χ1v) is 9.13. The molecule has 0 N–H and O–H groups in total. The molecular formula is C20H28N2O4. The van der Waals surface area contributed by atoms with Crippen molar-refractivity contribution in [2.45, 2.75) is 45.2 Å². The van der Waals surface area contributed by atoms with Crippen molar-refractivity contribution in [3.05, 3.63) is 35.2 Å². The number of ether oxygens (including phenoxy) is 3. The number of aromatic nitrogens is 1. The second kappa shape index (κ2) is 8.45. The molecule has 1 saturated heterocycles. The summed E-state index contributed by atoms with van der Waals surface area (Å²) >= 11 is 0. The Balaban J connectivity index is 1.92. The van der Waals surface area contributed by atoms with E-state index in [1.807, 2.05) is 19.1 Å². The third-order valence-electron chi connectivity index (χ3n) is 5.00. The fraction of sp³-hybridized carbons (Fsp3) is 0.550. The van der Waals surface area contributed by atoms with Crippen LogP contribution in [0.25, 0.3) is 0 Å². The van der Waals surface area contributed by atoms with Crippen LogP contribution in [0.4, 0.5) is 0 Å². The zero-order valence-corrected chi connectivity index (χ0v) is 16.1. The van der Waals surface area contributed by atoms with Gasteiger partial charge in [0, 0.05) is 18.2 Å². The molecule has 0 unspecified atom stereocenters. The monoisotopic (exact) mass is 360 g/mol. The first kappa shape index (κ1) is 18.6. The van der Waals surface area contributed by atoms with Crippen LogP contribution in [0.1, 0.15) is 48.7 Å². The highest BCUT2D eigenvalue weighted by atomic mass is 16.5. The lowest BCUT2D eigenvalue weighted by atomic mass is 10.1. The summed E-state index contributed by atoms with van der Waals surface area (Å²) < 4.78 is 22.2. The molecule has 2 aromatic rings. The summed E-state index contributed by atoms with van der Waals surface area (Å²) in [5.74, 6) is 2.98. The molecule has 142 valence electrons. The second-order valence-electron chi connectivity index (χ2n) is 6.70. The fourth-order valence-corrected chi connectivity index (χ4v) is 3.73. The summed E-state index contributed by atoms with van der Waals surface area (Å²) in [5.41, 5.74) is 2.00. The van der Waals surface area contributed by atoms with Crippen LogP contribution in [0, 0.1) is 6.92 Å². The van der Waals surface area contributed by atoms with Crippen molar-refractivity contribution < 1.29 is 18.7 Å². The molecule has 0 aliphatic carbocycles. The van der Waals surface area contributed by atoms with E-state index in [9.17, 15) is 0 Å². The van der Waals surface area contributed by atoms with Crippen molar-refractivity contribution in [2.24, 2.45) is 0 Å². The fourth-order valence-electron chi connectivity index (χ4n) is 3.73. The Morgan fingerprint density at radius 1 is 1.08 bits per heavy atom. The maximum atomic E-state index is 5.66. The Morgan fingerprint density at radius 2 is 1.88 bits per heavy atom. The van der Waals surface area contributed by atoms with Gasteiger partial charge in [-0.1, -0.05) is 24.1 Å². The van der Waals surface area contributed by atoms with Crippen LogP contribution in [-0.2, 0) is 6.54 Å². The van der Waals surface area contributed by atoms with Crippen LogP contribution in [0.15, 0.2) is 22.7 Å². The van der Waals surface area contributed by atoms with E-state index < -0.39 is 0 Å². The number of hydrogen-bond acceptors (Lipinski definition) is 6. The Hall–Kier alpha value is -2.21. The van der Waals surface area contributed by atoms with Crippen molar-refractivity contribution >= 4 is 0 Å². The number of aryl methyl sites for hydroxylation is 1. The molecule has 1 fully saturated rings. The standard InChI is InChI=1S/C20H28N2O4/c1-14-12-18(26-21-14)16-8-6-5-7-11-22(16)13-15-9-10-17(23-2)20(25-4)19(15)24-3/h9-10,12,16H,5-8,11,13H2,1-4H3/t16-/m1/s1. The lowest BCUT2D eigenvalue weighted by molar-refractivity contribution is 0.158. The molecule has 2 heterocycles. The van der Waals surface area contributed by atoms with E-state index in [1.165, 1.54) is 19.3 Å². The minimum atomic E-state index is 0.233. The van der Waals surface area contributed by atoms with Crippen LogP contribution in [0.3, 0.4) is 0 Å². The summed E-state index contributed by atoms with van der Waals surface area (Å²) in [6.45, 7) is 3.74. The number of methoxy groups -OCH3 is 3. The Labute approximate surface area is 155 Å². The molecule has 0 saturated carbocycles. The van der Waals surface area contributed by atoms with E-state index >= 15 is 0 Å². The minimum absolute atomic E-state index is 0.233. The molecule has 0 spiro atoms. The molecule has 6 heteroatoms. The number of likely N-dealkylation sites (tertiary alicyclic amines) is 1.